The van der Waals surface area contributed by atoms with Crippen LogP contribution in [0.25, 0.3) is 0 Å². The highest BCUT2D eigenvalue weighted by Crippen LogP contribution is 2.01. The minimum absolute atomic E-state index is 0.0704. The van der Waals surface area contributed by atoms with Gasteiger partial charge in [0.25, 0.3) is 0 Å². The van der Waals surface area contributed by atoms with Crippen molar-refractivity contribution in [1.82, 2.24) is 4.90 Å². The van der Waals surface area contributed by atoms with Gasteiger partial charge in [0.2, 0.25) is 0 Å². The molecule has 1 amide bonds. The van der Waals surface area contributed by atoms with E-state index in [-0.39, 0.29) is 12.6 Å². The van der Waals surface area contributed by atoms with Crippen molar-refractivity contribution in [3.8, 4) is 12.3 Å². The number of amides is 1. The molecule has 0 aromatic heterocycles. The maximum Gasteiger partial charge on any atom is 0.317 e. The predicted octanol–water partition coefficient (Wildman–Crippen LogP) is 1.69. The van der Waals surface area contributed by atoms with Crippen molar-refractivity contribution >= 4 is 17.0 Å². The van der Waals surface area contributed by atoms with Gasteiger partial charge in [0.05, 0.1) is 6.54 Å². The summed E-state index contributed by atoms with van der Waals surface area (Å²) in [5.74, 6) is 2.35. The van der Waals surface area contributed by atoms with Crippen molar-refractivity contribution in [2.45, 2.75) is 19.9 Å². The first-order valence-corrected chi connectivity index (χ1v) is 3.37. The van der Waals surface area contributed by atoms with Crippen LogP contribution in [-0.4, -0.2) is 22.9 Å². The molecule has 56 valence electrons. The minimum atomic E-state index is -0.493. The predicted molar refractivity (Wildman–Crippen MR) is 41.9 cm³/mol. The molecule has 0 heterocycles. The van der Waals surface area contributed by atoms with Gasteiger partial charge in [-0.05, 0) is 25.4 Å². The molecule has 0 atom stereocenters. The molecule has 0 bridgehead atoms. The van der Waals surface area contributed by atoms with Gasteiger partial charge >= 0.3 is 5.37 Å². The van der Waals surface area contributed by atoms with E-state index >= 15 is 0 Å². The molecule has 3 heteroatoms. The average molecular weight is 160 g/mol. The van der Waals surface area contributed by atoms with Crippen LogP contribution in [0, 0.1) is 12.3 Å². The molecule has 0 unspecified atom stereocenters. The zero-order chi connectivity index (χ0) is 8.15. The fourth-order valence-electron chi connectivity index (χ4n) is 0.546. The zero-order valence-corrected chi connectivity index (χ0v) is 6.85. The average Bonchev–Trinajstić information content (AvgIpc) is 1.81. The summed E-state index contributed by atoms with van der Waals surface area (Å²) >= 11 is 5.21. The van der Waals surface area contributed by atoms with E-state index in [1.54, 1.807) is 0 Å². The summed E-state index contributed by atoms with van der Waals surface area (Å²) in [5, 5.41) is -0.493. The third-order valence-corrected chi connectivity index (χ3v) is 1.33. The lowest BCUT2D eigenvalue weighted by Crippen LogP contribution is -2.33. The molecule has 0 aliphatic carbocycles. The second kappa shape index (κ2) is 4.19. The molecule has 0 saturated heterocycles. The molecule has 0 rings (SSSR count). The monoisotopic (exact) mass is 159 g/mol. The Morgan fingerprint density at radius 1 is 1.80 bits per heavy atom. The Labute approximate surface area is 66.2 Å². The minimum Gasteiger partial charge on any atom is -0.316 e. The van der Waals surface area contributed by atoms with Crippen molar-refractivity contribution in [1.29, 1.82) is 0 Å². The topological polar surface area (TPSA) is 20.3 Å². The van der Waals surface area contributed by atoms with Crippen LogP contribution >= 0.6 is 11.6 Å². The van der Waals surface area contributed by atoms with Crippen LogP contribution in [0.3, 0.4) is 0 Å². The Kier molecular flexibility index (Phi) is 3.90. The summed E-state index contributed by atoms with van der Waals surface area (Å²) in [4.78, 5) is 12.0. The number of hydrogen-bond acceptors (Lipinski definition) is 1. The largest absolute Gasteiger partial charge is 0.317 e. The van der Waals surface area contributed by atoms with Crippen LogP contribution in [0.15, 0.2) is 0 Å². The van der Waals surface area contributed by atoms with Gasteiger partial charge in [0, 0.05) is 6.04 Å². The van der Waals surface area contributed by atoms with Crippen LogP contribution in [0.4, 0.5) is 4.79 Å². The third kappa shape index (κ3) is 2.75. The number of halogens is 1. The maximum absolute atomic E-state index is 10.6. The van der Waals surface area contributed by atoms with E-state index < -0.39 is 5.37 Å². The molecule has 2 nitrogen and oxygen atoms in total. The summed E-state index contributed by atoms with van der Waals surface area (Å²) in [6, 6.07) is 0.0704. The third-order valence-electron chi connectivity index (χ3n) is 1.11. The Hall–Kier alpha value is -0.680. The highest BCUT2D eigenvalue weighted by molar-refractivity contribution is 6.62. The Morgan fingerprint density at radius 2 is 2.30 bits per heavy atom. The molecule has 0 saturated carbocycles. The van der Waals surface area contributed by atoms with Gasteiger partial charge in [0.1, 0.15) is 0 Å². The van der Waals surface area contributed by atoms with E-state index in [0.29, 0.717) is 0 Å². The van der Waals surface area contributed by atoms with Gasteiger partial charge in [-0.3, -0.25) is 4.79 Å². The molecule has 10 heavy (non-hydrogen) atoms. The van der Waals surface area contributed by atoms with E-state index in [2.05, 4.69) is 5.92 Å². The van der Waals surface area contributed by atoms with E-state index in [1.165, 1.54) is 4.90 Å². The Balaban J connectivity index is 4.01. The highest BCUT2D eigenvalue weighted by Gasteiger charge is 2.11. The Morgan fingerprint density at radius 3 is 2.40 bits per heavy atom. The summed E-state index contributed by atoms with van der Waals surface area (Å²) in [5.41, 5.74) is 0. The van der Waals surface area contributed by atoms with Gasteiger partial charge in [-0.25, -0.2) is 0 Å². The van der Waals surface area contributed by atoms with Crippen LogP contribution < -0.4 is 0 Å². The molecular formula is C7H10ClNO. The van der Waals surface area contributed by atoms with Crippen molar-refractivity contribution in [2.75, 3.05) is 6.54 Å². The first-order chi connectivity index (χ1) is 4.59. The van der Waals surface area contributed by atoms with E-state index in [4.69, 9.17) is 18.0 Å². The number of nitrogens with zero attached hydrogens (tertiary/aromatic N) is 1. The smallest absolute Gasteiger partial charge is 0.316 e. The van der Waals surface area contributed by atoms with Crippen LogP contribution in [0.5, 0.6) is 0 Å². The molecule has 0 aromatic rings. The molecule has 0 spiro atoms. The summed E-state index contributed by atoms with van der Waals surface area (Å²) in [6.07, 6.45) is 5.00. The molecule has 0 aromatic carbocycles. The SMILES string of the molecule is C#CCN(C(=O)Cl)C(C)C. The van der Waals surface area contributed by atoms with Gasteiger partial charge in [0.15, 0.2) is 0 Å². The molecule has 0 radical (unpaired) electrons. The number of carbonyl (C=O) groups is 1. The van der Waals surface area contributed by atoms with Gasteiger partial charge in [-0.2, -0.15) is 0 Å². The second-order valence-electron chi connectivity index (χ2n) is 2.18. The summed E-state index contributed by atoms with van der Waals surface area (Å²) in [7, 11) is 0. The van der Waals surface area contributed by atoms with Crippen molar-refractivity contribution < 1.29 is 4.79 Å². The van der Waals surface area contributed by atoms with E-state index in [1.807, 2.05) is 13.8 Å². The van der Waals surface area contributed by atoms with Crippen LogP contribution in [0.2, 0.25) is 0 Å². The van der Waals surface area contributed by atoms with Crippen molar-refractivity contribution in [3.63, 3.8) is 0 Å². The fraction of sp³-hybridized carbons (Fsp3) is 0.571. The van der Waals surface area contributed by atoms with Crippen molar-refractivity contribution in [2.24, 2.45) is 0 Å². The lowest BCUT2D eigenvalue weighted by Gasteiger charge is -2.20. The maximum atomic E-state index is 10.6. The van der Waals surface area contributed by atoms with Crippen LogP contribution in [-0.2, 0) is 0 Å². The number of rotatable bonds is 2. The normalized spacial score (nSPS) is 9.10. The molecular weight excluding hydrogens is 150 g/mol. The molecule has 0 N–H and O–H groups in total. The van der Waals surface area contributed by atoms with Crippen LogP contribution in [0.1, 0.15) is 13.8 Å². The Bertz CT molecular complexity index is 159. The van der Waals surface area contributed by atoms with E-state index in [9.17, 15) is 4.79 Å². The van der Waals surface area contributed by atoms with E-state index in [0.717, 1.165) is 0 Å². The van der Waals surface area contributed by atoms with Gasteiger partial charge in [-0.15, -0.1) is 6.42 Å². The first-order valence-electron chi connectivity index (χ1n) is 2.99. The second-order valence-corrected chi connectivity index (χ2v) is 2.50. The number of carbonyl (C=O) groups excluding carboxylic acids is 1. The summed E-state index contributed by atoms with van der Waals surface area (Å²) < 4.78 is 0. The standard InChI is InChI=1S/C7H10ClNO/c1-4-5-9(6(2)3)7(8)10/h1,6H,5H2,2-3H3. The van der Waals surface area contributed by atoms with Crippen molar-refractivity contribution in [3.05, 3.63) is 0 Å². The molecule has 0 fully saturated rings. The molecule has 0 aliphatic rings. The van der Waals surface area contributed by atoms with Gasteiger partial charge in [-0.1, -0.05) is 5.92 Å². The quantitative estimate of drug-likeness (QED) is 0.341. The lowest BCUT2D eigenvalue weighted by molar-refractivity contribution is 0.215. The zero-order valence-electron chi connectivity index (χ0n) is 6.10. The fourth-order valence-corrected chi connectivity index (χ4v) is 0.801. The molecule has 0 aliphatic heterocycles. The first kappa shape index (κ1) is 9.32. The van der Waals surface area contributed by atoms with Gasteiger partial charge < -0.3 is 4.90 Å². The number of hydrogen-bond donors (Lipinski definition) is 0. The highest BCUT2D eigenvalue weighted by atomic mass is 35.5. The number of terminal acetylenes is 1. The lowest BCUT2D eigenvalue weighted by atomic mass is 10.3. The summed E-state index contributed by atoms with van der Waals surface area (Å²) in [6.45, 7) is 4.00.